The fourth-order valence-electron chi connectivity index (χ4n) is 2.88. The van der Waals surface area contributed by atoms with Gasteiger partial charge in [0.15, 0.2) is 0 Å². The number of rotatable bonds is 3. The lowest BCUT2D eigenvalue weighted by Gasteiger charge is -2.35. The van der Waals surface area contributed by atoms with E-state index in [1.165, 1.54) is 7.11 Å². The smallest absolute Gasteiger partial charge is 0.257 e. The molecule has 0 saturated carbocycles. The molecular formula is C18H17ClN4O2. The number of piperazine rings is 1. The molecule has 1 amide bonds. The number of aromatic nitrogens is 1. The number of hydrogen-bond acceptors (Lipinski definition) is 5. The molecule has 1 aromatic heterocycles. The summed E-state index contributed by atoms with van der Waals surface area (Å²) in [7, 11) is 1.53. The minimum Gasteiger partial charge on any atom is -0.496 e. The van der Waals surface area contributed by atoms with Gasteiger partial charge in [0.2, 0.25) is 0 Å². The zero-order chi connectivity index (χ0) is 17.8. The Bertz CT molecular complexity index is 826. The number of ether oxygens (including phenoxy) is 1. The van der Waals surface area contributed by atoms with Crippen molar-refractivity contribution in [2.45, 2.75) is 0 Å². The highest BCUT2D eigenvalue weighted by Crippen LogP contribution is 2.25. The van der Waals surface area contributed by atoms with Crippen LogP contribution in [0.15, 0.2) is 36.5 Å². The second-order valence-electron chi connectivity index (χ2n) is 5.61. The largest absolute Gasteiger partial charge is 0.496 e. The lowest BCUT2D eigenvalue weighted by molar-refractivity contribution is 0.0743. The number of pyridine rings is 1. The molecule has 2 aromatic rings. The van der Waals surface area contributed by atoms with Crippen LogP contribution in [0.2, 0.25) is 5.02 Å². The van der Waals surface area contributed by atoms with Gasteiger partial charge in [-0.2, -0.15) is 5.26 Å². The normalized spacial score (nSPS) is 14.1. The van der Waals surface area contributed by atoms with Crippen LogP contribution in [0.25, 0.3) is 0 Å². The number of halogens is 1. The fraction of sp³-hybridized carbons (Fsp3) is 0.278. The Balaban J connectivity index is 1.73. The first-order valence-corrected chi connectivity index (χ1v) is 8.24. The first-order valence-electron chi connectivity index (χ1n) is 7.87. The number of nitriles is 1. The van der Waals surface area contributed by atoms with Crippen molar-refractivity contribution in [3.63, 3.8) is 0 Å². The zero-order valence-corrected chi connectivity index (χ0v) is 14.5. The minimum absolute atomic E-state index is 0.111. The van der Waals surface area contributed by atoms with Crippen molar-refractivity contribution in [3.05, 3.63) is 52.7 Å². The molecule has 0 N–H and O–H groups in total. The van der Waals surface area contributed by atoms with Crippen LogP contribution in [0.4, 0.5) is 5.82 Å². The first-order chi connectivity index (χ1) is 12.1. The number of carbonyl (C=O) groups is 1. The molecule has 0 bridgehead atoms. The third kappa shape index (κ3) is 3.52. The van der Waals surface area contributed by atoms with Crippen molar-refractivity contribution in [2.75, 3.05) is 38.2 Å². The van der Waals surface area contributed by atoms with Crippen molar-refractivity contribution in [1.82, 2.24) is 9.88 Å². The molecule has 1 saturated heterocycles. The highest BCUT2D eigenvalue weighted by atomic mass is 35.5. The van der Waals surface area contributed by atoms with Gasteiger partial charge < -0.3 is 14.5 Å². The summed E-state index contributed by atoms with van der Waals surface area (Å²) in [4.78, 5) is 20.9. The van der Waals surface area contributed by atoms with Crippen LogP contribution < -0.4 is 9.64 Å². The van der Waals surface area contributed by atoms with Crippen molar-refractivity contribution in [3.8, 4) is 11.8 Å². The van der Waals surface area contributed by atoms with Gasteiger partial charge in [0.25, 0.3) is 5.91 Å². The van der Waals surface area contributed by atoms with Gasteiger partial charge >= 0.3 is 0 Å². The SMILES string of the molecule is COc1ccc(Cl)cc1C(=O)N1CCN(c2ncccc2C#N)CC1. The summed E-state index contributed by atoms with van der Waals surface area (Å²) in [6.45, 7) is 2.30. The van der Waals surface area contributed by atoms with Gasteiger partial charge in [0.1, 0.15) is 17.6 Å². The summed E-state index contributed by atoms with van der Waals surface area (Å²) in [5.74, 6) is 1.06. The Morgan fingerprint density at radius 3 is 2.72 bits per heavy atom. The predicted molar refractivity (Wildman–Crippen MR) is 95.1 cm³/mol. The number of anilines is 1. The van der Waals surface area contributed by atoms with Gasteiger partial charge in [-0.1, -0.05) is 11.6 Å². The summed E-state index contributed by atoms with van der Waals surface area (Å²) in [5.41, 5.74) is 0.998. The lowest BCUT2D eigenvalue weighted by Crippen LogP contribution is -2.49. The Hall–Kier alpha value is -2.78. The number of methoxy groups -OCH3 is 1. The van der Waals surface area contributed by atoms with E-state index in [0.29, 0.717) is 53.9 Å². The quantitative estimate of drug-likeness (QED) is 0.845. The van der Waals surface area contributed by atoms with E-state index in [1.54, 1.807) is 41.4 Å². The molecule has 1 aliphatic rings. The summed E-state index contributed by atoms with van der Waals surface area (Å²) in [6, 6.07) is 10.7. The van der Waals surface area contributed by atoms with E-state index in [1.807, 2.05) is 4.90 Å². The van der Waals surface area contributed by atoms with Gasteiger partial charge in [-0.3, -0.25) is 4.79 Å². The van der Waals surface area contributed by atoms with E-state index in [0.717, 1.165) is 0 Å². The molecule has 0 atom stereocenters. The van der Waals surface area contributed by atoms with Crippen molar-refractivity contribution in [1.29, 1.82) is 5.26 Å². The van der Waals surface area contributed by atoms with Gasteiger partial charge in [-0.25, -0.2) is 4.98 Å². The molecule has 3 rings (SSSR count). The zero-order valence-electron chi connectivity index (χ0n) is 13.8. The van der Waals surface area contributed by atoms with Gasteiger partial charge in [0, 0.05) is 37.4 Å². The maximum Gasteiger partial charge on any atom is 0.257 e. The lowest BCUT2D eigenvalue weighted by atomic mass is 10.1. The highest BCUT2D eigenvalue weighted by molar-refractivity contribution is 6.31. The second kappa shape index (κ2) is 7.41. The van der Waals surface area contributed by atoms with Crippen LogP contribution in [0.1, 0.15) is 15.9 Å². The number of benzene rings is 1. The minimum atomic E-state index is -0.111. The molecule has 1 aliphatic heterocycles. The van der Waals surface area contributed by atoms with E-state index in [2.05, 4.69) is 11.1 Å². The van der Waals surface area contributed by atoms with Gasteiger partial charge in [-0.15, -0.1) is 0 Å². The van der Waals surface area contributed by atoms with Crippen molar-refractivity contribution >= 4 is 23.3 Å². The number of amides is 1. The molecule has 25 heavy (non-hydrogen) atoms. The van der Waals surface area contributed by atoms with Crippen LogP contribution in [0, 0.1) is 11.3 Å². The monoisotopic (exact) mass is 356 g/mol. The Labute approximate surface area is 151 Å². The summed E-state index contributed by atoms with van der Waals surface area (Å²) >= 11 is 6.02. The van der Waals surface area contributed by atoms with Crippen molar-refractivity contribution in [2.24, 2.45) is 0 Å². The molecule has 7 heteroatoms. The summed E-state index contributed by atoms with van der Waals surface area (Å²) in [6.07, 6.45) is 1.67. The average molecular weight is 357 g/mol. The Kier molecular flexibility index (Phi) is 5.05. The Morgan fingerprint density at radius 1 is 1.28 bits per heavy atom. The van der Waals surface area contributed by atoms with Crippen LogP contribution in [-0.4, -0.2) is 49.1 Å². The molecule has 0 unspecified atom stereocenters. The maximum absolute atomic E-state index is 12.8. The van der Waals surface area contributed by atoms with E-state index >= 15 is 0 Å². The summed E-state index contributed by atoms with van der Waals surface area (Å²) < 4.78 is 5.27. The van der Waals surface area contributed by atoms with Crippen LogP contribution >= 0.6 is 11.6 Å². The van der Waals surface area contributed by atoms with Crippen molar-refractivity contribution < 1.29 is 9.53 Å². The van der Waals surface area contributed by atoms with E-state index < -0.39 is 0 Å². The molecular weight excluding hydrogens is 340 g/mol. The molecule has 0 radical (unpaired) electrons. The fourth-order valence-corrected chi connectivity index (χ4v) is 3.05. The molecule has 0 aliphatic carbocycles. The highest BCUT2D eigenvalue weighted by Gasteiger charge is 2.26. The van der Waals surface area contributed by atoms with E-state index in [-0.39, 0.29) is 5.91 Å². The molecule has 128 valence electrons. The van der Waals surface area contributed by atoms with Crippen LogP contribution in [0.3, 0.4) is 0 Å². The maximum atomic E-state index is 12.8. The molecule has 0 spiro atoms. The molecule has 1 aromatic carbocycles. The topological polar surface area (TPSA) is 69.5 Å². The van der Waals surface area contributed by atoms with Gasteiger partial charge in [0.05, 0.1) is 18.2 Å². The van der Waals surface area contributed by atoms with E-state index in [4.69, 9.17) is 16.3 Å². The van der Waals surface area contributed by atoms with Gasteiger partial charge in [-0.05, 0) is 30.3 Å². The molecule has 6 nitrogen and oxygen atoms in total. The number of hydrogen-bond donors (Lipinski definition) is 0. The third-order valence-corrected chi connectivity index (χ3v) is 4.40. The Morgan fingerprint density at radius 2 is 2.04 bits per heavy atom. The predicted octanol–water partition coefficient (Wildman–Crippen LogP) is 2.58. The number of carbonyl (C=O) groups excluding carboxylic acids is 1. The second-order valence-corrected chi connectivity index (χ2v) is 6.05. The first kappa shape index (κ1) is 17.1. The number of nitrogens with zero attached hydrogens (tertiary/aromatic N) is 4. The molecule has 2 heterocycles. The molecule has 1 fully saturated rings. The summed E-state index contributed by atoms with van der Waals surface area (Å²) in [5, 5.41) is 9.71. The van der Waals surface area contributed by atoms with E-state index in [9.17, 15) is 10.1 Å². The average Bonchev–Trinajstić information content (AvgIpc) is 2.67. The third-order valence-electron chi connectivity index (χ3n) is 4.17. The van der Waals surface area contributed by atoms with Crippen LogP contribution in [-0.2, 0) is 0 Å². The van der Waals surface area contributed by atoms with Crippen LogP contribution in [0.5, 0.6) is 5.75 Å². The standard InChI is InChI=1S/C18H17ClN4O2/c1-25-16-5-4-14(19)11-15(16)18(24)23-9-7-22(8-10-23)17-13(12-20)3-2-6-21-17/h2-6,11H,7-10H2,1H3.